The van der Waals surface area contributed by atoms with E-state index in [1.54, 1.807) is 13.3 Å². The van der Waals surface area contributed by atoms with Crippen molar-refractivity contribution >= 4 is 12.1 Å². The predicted molar refractivity (Wildman–Crippen MR) is 52.5 cm³/mol. The highest BCUT2D eigenvalue weighted by molar-refractivity contribution is 5.81. The van der Waals surface area contributed by atoms with E-state index >= 15 is 0 Å². The molecule has 0 aliphatic heterocycles. The summed E-state index contributed by atoms with van der Waals surface area (Å²) in [6, 6.07) is 9.64. The van der Waals surface area contributed by atoms with Crippen molar-refractivity contribution < 1.29 is 4.79 Å². The summed E-state index contributed by atoms with van der Waals surface area (Å²) in [6.45, 7) is 1.47. The van der Waals surface area contributed by atoms with Gasteiger partial charge < -0.3 is 0 Å². The number of carbonyl (C=O) groups excluding carboxylic acids is 1. The van der Waals surface area contributed by atoms with Crippen molar-refractivity contribution in [3.8, 4) is 0 Å². The topological polar surface area (TPSA) is 32.7 Å². The van der Waals surface area contributed by atoms with Crippen molar-refractivity contribution in [2.75, 3.05) is 7.05 Å². The van der Waals surface area contributed by atoms with Gasteiger partial charge in [0.2, 0.25) is 5.91 Å². The zero-order valence-corrected chi connectivity index (χ0v) is 7.77. The number of carbonyl (C=O) groups is 1. The van der Waals surface area contributed by atoms with E-state index in [9.17, 15) is 4.79 Å². The van der Waals surface area contributed by atoms with Gasteiger partial charge in [-0.1, -0.05) is 30.3 Å². The van der Waals surface area contributed by atoms with E-state index in [0.717, 1.165) is 5.56 Å². The molecule has 0 heterocycles. The molecule has 0 fully saturated rings. The van der Waals surface area contributed by atoms with Gasteiger partial charge in [-0.3, -0.25) is 4.79 Å². The van der Waals surface area contributed by atoms with Gasteiger partial charge in [0, 0.05) is 14.0 Å². The van der Waals surface area contributed by atoms with Crippen LogP contribution in [-0.2, 0) is 4.79 Å². The van der Waals surface area contributed by atoms with Crippen LogP contribution in [0.2, 0.25) is 0 Å². The van der Waals surface area contributed by atoms with Crippen molar-refractivity contribution in [2.24, 2.45) is 5.10 Å². The average molecular weight is 176 g/mol. The molecule has 0 atom stereocenters. The molecule has 13 heavy (non-hydrogen) atoms. The van der Waals surface area contributed by atoms with E-state index in [1.165, 1.54) is 11.9 Å². The molecule has 0 aliphatic carbocycles. The lowest BCUT2D eigenvalue weighted by atomic mass is 10.2. The summed E-state index contributed by atoms with van der Waals surface area (Å²) in [4.78, 5) is 10.8. The Morgan fingerprint density at radius 3 is 2.54 bits per heavy atom. The van der Waals surface area contributed by atoms with Gasteiger partial charge in [-0.15, -0.1) is 0 Å². The van der Waals surface area contributed by atoms with Gasteiger partial charge in [0.1, 0.15) is 0 Å². The molecule has 0 radical (unpaired) electrons. The van der Waals surface area contributed by atoms with Crippen molar-refractivity contribution in [3.63, 3.8) is 0 Å². The van der Waals surface area contributed by atoms with Gasteiger partial charge in [0.15, 0.2) is 0 Å². The monoisotopic (exact) mass is 176 g/mol. The zero-order chi connectivity index (χ0) is 9.68. The fourth-order valence-corrected chi connectivity index (χ4v) is 0.774. The first-order valence-corrected chi connectivity index (χ1v) is 4.03. The molecule has 1 rings (SSSR count). The predicted octanol–water partition coefficient (Wildman–Crippen LogP) is 1.50. The zero-order valence-electron chi connectivity index (χ0n) is 7.77. The molecule has 0 N–H and O–H groups in total. The maximum absolute atomic E-state index is 10.8. The molecule has 1 aromatic rings. The Morgan fingerprint density at radius 2 is 2.00 bits per heavy atom. The highest BCUT2D eigenvalue weighted by atomic mass is 16.2. The molecule has 0 saturated heterocycles. The molecule has 0 unspecified atom stereocenters. The number of amides is 1. The minimum absolute atomic E-state index is 0.0767. The fourth-order valence-electron chi connectivity index (χ4n) is 0.774. The standard InChI is InChI=1S/C10H12N2O/c1-9(13)12(2)11-8-10-6-4-3-5-7-10/h3-8H,1-2H3/b11-8+. The maximum Gasteiger partial charge on any atom is 0.239 e. The summed E-state index contributed by atoms with van der Waals surface area (Å²) in [7, 11) is 1.63. The van der Waals surface area contributed by atoms with Crippen LogP contribution < -0.4 is 0 Å². The molecular formula is C10H12N2O. The molecule has 1 amide bonds. The van der Waals surface area contributed by atoms with E-state index in [2.05, 4.69) is 5.10 Å². The van der Waals surface area contributed by atoms with Crippen LogP contribution in [0.3, 0.4) is 0 Å². The molecule has 0 spiro atoms. The number of benzene rings is 1. The van der Waals surface area contributed by atoms with Crippen LogP contribution in [0.25, 0.3) is 0 Å². The van der Waals surface area contributed by atoms with Crippen molar-refractivity contribution in [3.05, 3.63) is 35.9 Å². The van der Waals surface area contributed by atoms with Crippen molar-refractivity contribution in [2.45, 2.75) is 6.92 Å². The van der Waals surface area contributed by atoms with E-state index in [-0.39, 0.29) is 5.91 Å². The Hall–Kier alpha value is -1.64. The van der Waals surface area contributed by atoms with Gasteiger partial charge in [-0.2, -0.15) is 5.10 Å². The average Bonchev–Trinajstić information content (AvgIpc) is 2.15. The number of hydrazone groups is 1. The van der Waals surface area contributed by atoms with E-state index in [1.807, 2.05) is 30.3 Å². The second-order valence-electron chi connectivity index (χ2n) is 2.70. The van der Waals surface area contributed by atoms with Gasteiger partial charge in [-0.25, -0.2) is 5.01 Å². The third-order valence-electron chi connectivity index (χ3n) is 1.64. The lowest BCUT2D eigenvalue weighted by Crippen LogP contribution is -2.17. The molecule has 68 valence electrons. The Labute approximate surface area is 77.7 Å². The van der Waals surface area contributed by atoms with Crippen LogP contribution in [0.4, 0.5) is 0 Å². The summed E-state index contributed by atoms with van der Waals surface area (Å²) in [6.07, 6.45) is 1.65. The molecule has 3 nitrogen and oxygen atoms in total. The summed E-state index contributed by atoms with van der Waals surface area (Å²) in [5.41, 5.74) is 0.982. The molecule has 0 saturated carbocycles. The fraction of sp³-hybridized carbons (Fsp3) is 0.200. The largest absolute Gasteiger partial charge is 0.273 e. The number of hydrogen-bond acceptors (Lipinski definition) is 2. The van der Waals surface area contributed by atoms with Gasteiger partial charge in [-0.05, 0) is 5.56 Å². The molecule has 0 aliphatic rings. The summed E-state index contributed by atoms with van der Waals surface area (Å²) < 4.78 is 0. The third-order valence-corrected chi connectivity index (χ3v) is 1.64. The smallest absolute Gasteiger partial charge is 0.239 e. The number of hydrogen-bond donors (Lipinski definition) is 0. The normalized spacial score (nSPS) is 10.3. The summed E-state index contributed by atoms with van der Waals surface area (Å²) >= 11 is 0. The Balaban J connectivity index is 2.64. The molecule has 0 bridgehead atoms. The van der Waals surface area contributed by atoms with Gasteiger partial charge in [0.05, 0.1) is 6.21 Å². The first-order valence-electron chi connectivity index (χ1n) is 4.03. The SMILES string of the molecule is CC(=O)N(C)/N=C/c1ccccc1. The Kier molecular flexibility index (Phi) is 3.20. The first kappa shape index (κ1) is 9.45. The maximum atomic E-state index is 10.8. The minimum Gasteiger partial charge on any atom is -0.273 e. The number of nitrogens with zero attached hydrogens (tertiary/aromatic N) is 2. The number of rotatable bonds is 2. The highest BCUT2D eigenvalue weighted by Crippen LogP contribution is 1.94. The molecule has 1 aromatic carbocycles. The minimum atomic E-state index is -0.0767. The third kappa shape index (κ3) is 3.07. The van der Waals surface area contributed by atoms with Gasteiger partial charge >= 0.3 is 0 Å². The van der Waals surface area contributed by atoms with Crippen LogP contribution >= 0.6 is 0 Å². The molecule has 0 aromatic heterocycles. The van der Waals surface area contributed by atoms with Crippen LogP contribution in [0.15, 0.2) is 35.4 Å². The van der Waals surface area contributed by atoms with Crippen LogP contribution in [-0.4, -0.2) is 24.2 Å². The van der Waals surface area contributed by atoms with Crippen molar-refractivity contribution in [1.29, 1.82) is 0 Å². The Bertz CT molecular complexity index is 306. The van der Waals surface area contributed by atoms with E-state index in [4.69, 9.17) is 0 Å². The second kappa shape index (κ2) is 4.40. The van der Waals surface area contributed by atoms with Crippen LogP contribution in [0, 0.1) is 0 Å². The molecule has 3 heteroatoms. The summed E-state index contributed by atoms with van der Waals surface area (Å²) in [5.74, 6) is -0.0767. The van der Waals surface area contributed by atoms with E-state index < -0.39 is 0 Å². The lowest BCUT2D eigenvalue weighted by Gasteiger charge is -2.05. The second-order valence-corrected chi connectivity index (χ2v) is 2.70. The van der Waals surface area contributed by atoms with Crippen LogP contribution in [0.5, 0.6) is 0 Å². The lowest BCUT2D eigenvalue weighted by molar-refractivity contribution is -0.127. The van der Waals surface area contributed by atoms with Gasteiger partial charge in [0.25, 0.3) is 0 Å². The van der Waals surface area contributed by atoms with Crippen molar-refractivity contribution in [1.82, 2.24) is 5.01 Å². The first-order chi connectivity index (χ1) is 6.20. The molecular weight excluding hydrogens is 164 g/mol. The van der Waals surface area contributed by atoms with E-state index in [0.29, 0.717) is 0 Å². The van der Waals surface area contributed by atoms with Crippen LogP contribution in [0.1, 0.15) is 12.5 Å². The Morgan fingerprint density at radius 1 is 1.38 bits per heavy atom. The quantitative estimate of drug-likeness (QED) is 0.496. The summed E-state index contributed by atoms with van der Waals surface area (Å²) in [5, 5.41) is 5.25. The highest BCUT2D eigenvalue weighted by Gasteiger charge is 1.95.